The van der Waals surface area contributed by atoms with Crippen LogP contribution in [0.15, 0.2) is 0 Å². The van der Waals surface area contributed by atoms with E-state index in [2.05, 4.69) is 41.5 Å². The van der Waals surface area contributed by atoms with Gasteiger partial charge in [-0.1, -0.05) is 33.6 Å². The van der Waals surface area contributed by atoms with Crippen molar-refractivity contribution >= 4 is 11.6 Å². The number of anilines is 2. The van der Waals surface area contributed by atoms with Gasteiger partial charge in [0.1, 0.15) is 17.5 Å². The van der Waals surface area contributed by atoms with Gasteiger partial charge in [-0.15, -0.1) is 0 Å². The first-order chi connectivity index (χ1) is 9.47. The second-order valence-electron chi connectivity index (χ2n) is 6.39. The van der Waals surface area contributed by atoms with Gasteiger partial charge in [-0.25, -0.2) is 15.8 Å². The van der Waals surface area contributed by atoms with Gasteiger partial charge >= 0.3 is 0 Å². The summed E-state index contributed by atoms with van der Waals surface area (Å²) >= 11 is 0. The molecule has 0 radical (unpaired) electrons. The molecule has 1 saturated carbocycles. The molecule has 1 aliphatic rings. The molecule has 0 spiro atoms. The monoisotopic (exact) mass is 277 g/mol. The van der Waals surface area contributed by atoms with Crippen LogP contribution in [-0.4, -0.2) is 16.0 Å². The van der Waals surface area contributed by atoms with Crippen molar-refractivity contribution in [2.24, 2.45) is 11.3 Å². The Morgan fingerprint density at radius 3 is 2.55 bits per heavy atom. The van der Waals surface area contributed by atoms with E-state index in [1.54, 1.807) is 0 Å². The fraction of sp³-hybridized carbons (Fsp3) is 0.733. The average Bonchev–Trinajstić information content (AvgIpc) is 2.43. The van der Waals surface area contributed by atoms with E-state index in [9.17, 15) is 0 Å². The molecule has 1 unspecified atom stereocenters. The highest BCUT2D eigenvalue weighted by atomic mass is 15.3. The standard InChI is InChI=1S/C15H27N5/c1-5-12-18-13(10(2)14(19-12)20-16)17-11-8-6-7-9-15(11,3)4/h11H,5-9,16H2,1-4H3,(H2,17,18,19,20). The van der Waals surface area contributed by atoms with Crippen LogP contribution in [0.3, 0.4) is 0 Å². The zero-order chi connectivity index (χ0) is 14.8. The van der Waals surface area contributed by atoms with Crippen LogP contribution < -0.4 is 16.6 Å². The van der Waals surface area contributed by atoms with E-state index in [-0.39, 0.29) is 0 Å². The lowest BCUT2D eigenvalue weighted by Crippen LogP contribution is -2.39. The predicted octanol–water partition coefficient (Wildman–Crippen LogP) is 3.01. The number of nitrogens with zero attached hydrogens (tertiary/aromatic N) is 2. The van der Waals surface area contributed by atoms with Crippen molar-refractivity contribution in [1.29, 1.82) is 0 Å². The van der Waals surface area contributed by atoms with E-state index >= 15 is 0 Å². The summed E-state index contributed by atoms with van der Waals surface area (Å²) in [4.78, 5) is 9.05. The number of rotatable bonds is 4. The third kappa shape index (κ3) is 3.03. The minimum Gasteiger partial charge on any atom is -0.366 e. The van der Waals surface area contributed by atoms with Gasteiger partial charge in [0.15, 0.2) is 0 Å². The molecular weight excluding hydrogens is 250 g/mol. The summed E-state index contributed by atoms with van der Waals surface area (Å²) in [6, 6.07) is 0.459. The van der Waals surface area contributed by atoms with Crippen molar-refractivity contribution in [3.63, 3.8) is 0 Å². The summed E-state index contributed by atoms with van der Waals surface area (Å²) in [7, 11) is 0. The molecule has 1 atom stereocenters. The van der Waals surface area contributed by atoms with Gasteiger partial charge in [0, 0.05) is 18.0 Å². The van der Waals surface area contributed by atoms with Gasteiger partial charge in [-0.05, 0) is 25.2 Å². The highest BCUT2D eigenvalue weighted by Crippen LogP contribution is 2.37. The third-order valence-electron chi connectivity index (χ3n) is 4.46. The third-order valence-corrected chi connectivity index (χ3v) is 4.46. The number of nitrogens with two attached hydrogens (primary N) is 1. The molecule has 1 aromatic rings. The average molecular weight is 277 g/mol. The number of nitrogens with one attached hydrogen (secondary N) is 2. The van der Waals surface area contributed by atoms with Gasteiger partial charge in [0.25, 0.3) is 0 Å². The maximum atomic E-state index is 5.56. The minimum absolute atomic E-state index is 0.304. The Kier molecular flexibility index (Phi) is 4.48. The molecule has 0 bridgehead atoms. The Labute approximate surface area is 121 Å². The van der Waals surface area contributed by atoms with Crippen molar-refractivity contribution < 1.29 is 0 Å². The molecule has 1 aliphatic carbocycles. The van der Waals surface area contributed by atoms with E-state index in [1.807, 2.05) is 6.92 Å². The summed E-state index contributed by atoms with van der Waals surface area (Å²) in [6.07, 6.45) is 5.87. The van der Waals surface area contributed by atoms with Crippen molar-refractivity contribution in [3.05, 3.63) is 11.4 Å². The van der Waals surface area contributed by atoms with E-state index in [1.165, 1.54) is 25.7 Å². The SMILES string of the molecule is CCc1nc(NN)c(C)c(NC2CCCCC2(C)C)n1. The molecule has 1 aromatic heterocycles. The number of hydrogen-bond acceptors (Lipinski definition) is 5. The summed E-state index contributed by atoms with van der Waals surface area (Å²) in [5.74, 6) is 8.02. The fourth-order valence-corrected chi connectivity index (χ4v) is 2.93. The predicted molar refractivity (Wildman–Crippen MR) is 83.6 cm³/mol. The summed E-state index contributed by atoms with van der Waals surface area (Å²) in [5, 5.41) is 3.64. The van der Waals surface area contributed by atoms with Gasteiger partial charge in [0.2, 0.25) is 0 Å². The molecule has 0 aliphatic heterocycles. The molecule has 5 heteroatoms. The molecule has 20 heavy (non-hydrogen) atoms. The number of aryl methyl sites for hydroxylation is 1. The van der Waals surface area contributed by atoms with E-state index in [0.717, 1.165) is 23.6 Å². The normalized spacial score (nSPS) is 21.6. The Morgan fingerprint density at radius 1 is 1.25 bits per heavy atom. The number of hydrogen-bond donors (Lipinski definition) is 3. The first-order valence-corrected chi connectivity index (χ1v) is 7.58. The van der Waals surface area contributed by atoms with Crippen molar-refractivity contribution in [2.75, 3.05) is 10.7 Å². The molecule has 5 nitrogen and oxygen atoms in total. The fourth-order valence-electron chi connectivity index (χ4n) is 2.93. The molecule has 1 heterocycles. The number of hydrazine groups is 1. The molecule has 4 N–H and O–H groups in total. The first kappa shape index (κ1) is 15.0. The second-order valence-corrected chi connectivity index (χ2v) is 6.39. The smallest absolute Gasteiger partial charge is 0.148 e. The summed E-state index contributed by atoms with van der Waals surface area (Å²) in [5.41, 5.74) is 3.97. The Bertz CT molecular complexity index is 470. The van der Waals surface area contributed by atoms with Crippen molar-refractivity contribution in [1.82, 2.24) is 9.97 Å². The van der Waals surface area contributed by atoms with Gasteiger partial charge in [-0.2, -0.15) is 0 Å². The lowest BCUT2D eigenvalue weighted by molar-refractivity contribution is 0.216. The Balaban J connectivity index is 2.28. The highest BCUT2D eigenvalue weighted by molar-refractivity contribution is 5.57. The first-order valence-electron chi connectivity index (χ1n) is 7.58. The second kappa shape index (κ2) is 5.95. The lowest BCUT2D eigenvalue weighted by atomic mass is 9.73. The molecular formula is C15H27N5. The molecule has 0 saturated heterocycles. The quantitative estimate of drug-likeness (QED) is 0.582. The van der Waals surface area contributed by atoms with Crippen LogP contribution in [0.1, 0.15) is 57.8 Å². The minimum atomic E-state index is 0.304. The maximum Gasteiger partial charge on any atom is 0.148 e. The molecule has 0 aromatic carbocycles. The molecule has 0 amide bonds. The number of nitrogen functional groups attached to an aromatic ring is 1. The van der Waals surface area contributed by atoms with Crippen LogP contribution in [0.2, 0.25) is 0 Å². The van der Waals surface area contributed by atoms with Crippen LogP contribution in [0.25, 0.3) is 0 Å². The molecule has 2 rings (SSSR count). The van der Waals surface area contributed by atoms with Crippen LogP contribution in [-0.2, 0) is 6.42 Å². The van der Waals surface area contributed by atoms with Crippen molar-refractivity contribution in [3.8, 4) is 0 Å². The van der Waals surface area contributed by atoms with Crippen LogP contribution in [0.5, 0.6) is 0 Å². The Morgan fingerprint density at radius 2 is 1.95 bits per heavy atom. The van der Waals surface area contributed by atoms with Crippen LogP contribution in [0.4, 0.5) is 11.6 Å². The summed E-state index contributed by atoms with van der Waals surface area (Å²) in [6.45, 7) is 8.73. The topological polar surface area (TPSA) is 75.9 Å². The van der Waals surface area contributed by atoms with Gasteiger partial charge in [-0.3, -0.25) is 0 Å². The zero-order valence-electron chi connectivity index (χ0n) is 13.1. The summed E-state index contributed by atoms with van der Waals surface area (Å²) < 4.78 is 0. The highest BCUT2D eigenvalue weighted by Gasteiger charge is 2.32. The van der Waals surface area contributed by atoms with E-state index < -0.39 is 0 Å². The van der Waals surface area contributed by atoms with Gasteiger partial charge in [0.05, 0.1) is 0 Å². The van der Waals surface area contributed by atoms with Crippen molar-refractivity contribution in [2.45, 2.75) is 65.8 Å². The van der Waals surface area contributed by atoms with Gasteiger partial charge < -0.3 is 10.7 Å². The largest absolute Gasteiger partial charge is 0.366 e. The van der Waals surface area contributed by atoms with Crippen LogP contribution >= 0.6 is 0 Å². The lowest BCUT2D eigenvalue weighted by Gasteiger charge is -2.39. The van der Waals surface area contributed by atoms with Crippen LogP contribution in [0, 0.1) is 12.3 Å². The van der Waals surface area contributed by atoms with E-state index in [4.69, 9.17) is 5.84 Å². The van der Waals surface area contributed by atoms with E-state index in [0.29, 0.717) is 17.3 Å². The zero-order valence-corrected chi connectivity index (χ0v) is 13.1. The Hall–Kier alpha value is -1.36. The molecule has 112 valence electrons. The maximum absolute atomic E-state index is 5.56. The molecule has 1 fully saturated rings. The number of aromatic nitrogens is 2.